The number of nitrogens with one attached hydrogen (secondary N) is 1. The Morgan fingerprint density at radius 2 is 2.04 bits per heavy atom. The summed E-state index contributed by atoms with van der Waals surface area (Å²) in [6.45, 7) is 1.23. The zero-order chi connectivity index (χ0) is 18.1. The van der Waals surface area contributed by atoms with Crippen LogP contribution in [-0.2, 0) is 0 Å². The molecule has 3 heterocycles. The first-order valence-electron chi connectivity index (χ1n) is 8.75. The van der Waals surface area contributed by atoms with Gasteiger partial charge in [-0.2, -0.15) is 0 Å². The third kappa shape index (κ3) is 2.83. The SMILES string of the molecule is NC(=O)c1cc[nH]c1C1CCCN(C(=O)c2nccc3ccccc23)C1. The highest BCUT2D eigenvalue weighted by Crippen LogP contribution is 2.29. The minimum absolute atomic E-state index is 0.0696. The Morgan fingerprint density at radius 3 is 2.88 bits per heavy atom. The van der Waals surface area contributed by atoms with Crippen LogP contribution in [-0.4, -0.2) is 39.8 Å². The molecule has 1 aromatic carbocycles. The summed E-state index contributed by atoms with van der Waals surface area (Å²) in [6.07, 6.45) is 5.18. The highest BCUT2D eigenvalue weighted by molar-refractivity contribution is 6.05. The van der Waals surface area contributed by atoms with Gasteiger partial charge >= 0.3 is 0 Å². The zero-order valence-corrected chi connectivity index (χ0v) is 14.3. The molecule has 26 heavy (non-hydrogen) atoms. The topological polar surface area (TPSA) is 92.1 Å². The van der Waals surface area contributed by atoms with Crippen LogP contribution in [0.2, 0.25) is 0 Å². The molecule has 0 radical (unpaired) electrons. The summed E-state index contributed by atoms with van der Waals surface area (Å²) in [5.74, 6) is -0.445. The van der Waals surface area contributed by atoms with Crippen LogP contribution >= 0.6 is 0 Å². The molecule has 4 rings (SSSR count). The first-order chi connectivity index (χ1) is 12.6. The molecular weight excluding hydrogens is 328 g/mol. The van der Waals surface area contributed by atoms with Gasteiger partial charge in [-0.05, 0) is 30.4 Å². The smallest absolute Gasteiger partial charge is 0.273 e. The van der Waals surface area contributed by atoms with E-state index in [9.17, 15) is 9.59 Å². The molecule has 0 spiro atoms. The van der Waals surface area contributed by atoms with Gasteiger partial charge in [0, 0.05) is 42.5 Å². The summed E-state index contributed by atoms with van der Waals surface area (Å²) >= 11 is 0. The molecule has 0 aliphatic carbocycles. The molecule has 1 aliphatic heterocycles. The number of nitrogens with zero attached hydrogens (tertiary/aromatic N) is 2. The van der Waals surface area contributed by atoms with E-state index < -0.39 is 5.91 Å². The van der Waals surface area contributed by atoms with Crippen molar-refractivity contribution in [3.05, 3.63) is 65.7 Å². The highest BCUT2D eigenvalue weighted by atomic mass is 16.2. The number of rotatable bonds is 3. The van der Waals surface area contributed by atoms with Crippen molar-refractivity contribution < 1.29 is 9.59 Å². The van der Waals surface area contributed by atoms with Crippen LogP contribution in [0.1, 0.15) is 45.3 Å². The molecule has 132 valence electrons. The normalized spacial score (nSPS) is 17.4. The zero-order valence-electron chi connectivity index (χ0n) is 14.3. The molecule has 3 N–H and O–H groups in total. The fourth-order valence-corrected chi connectivity index (χ4v) is 3.77. The lowest BCUT2D eigenvalue weighted by Gasteiger charge is -2.32. The summed E-state index contributed by atoms with van der Waals surface area (Å²) in [5, 5.41) is 1.86. The maximum Gasteiger partial charge on any atom is 0.273 e. The van der Waals surface area contributed by atoms with Crippen molar-refractivity contribution in [3.63, 3.8) is 0 Å². The summed E-state index contributed by atoms with van der Waals surface area (Å²) < 4.78 is 0. The Bertz CT molecular complexity index is 973. The molecule has 1 unspecified atom stereocenters. The number of fused-ring (bicyclic) bond motifs is 1. The minimum Gasteiger partial charge on any atom is -0.366 e. The number of aromatic nitrogens is 2. The predicted molar refractivity (Wildman–Crippen MR) is 98.9 cm³/mol. The van der Waals surface area contributed by atoms with E-state index in [1.165, 1.54) is 0 Å². The Labute approximate surface area is 151 Å². The van der Waals surface area contributed by atoms with Crippen molar-refractivity contribution in [2.75, 3.05) is 13.1 Å². The first kappa shape index (κ1) is 16.3. The highest BCUT2D eigenvalue weighted by Gasteiger charge is 2.29. The summed E-state index contributed by atoms with van der Waals surface area (Å²) in [5.41, 5.74) is 7.27. The number of piperidine rings is 1. The lowest BCUT2D eigenvalue weighted by atomic mass is 9.92. The van der Waals surface area contributed by atoms with E-state index in [1.807, 2.05) is 35.2 Å². The lowest BCUT2D eigenvalue weighted by molar-refractivity contribution is 0.0702. The van der Waals surface area contributed by atoms with E-state index in [2.05, 4.69) is 9.97 Å². The quantitative estimate of drug-likeness (QED) is 0.762. The number of aromatic amines is 1. The van der Waals surface area contributed by atoms with Gasteiger partial charge in [-0.1, -0.05) is 24.3 Å². The molecule has 0 saturated carbocycles. The molecule has 6 nitrogen and oxygen atoms in total. The average molecular weight is 348 g/mol. The Balaban J connectivity index is 1.62. The first-order valence-corrected chi connectivity index (χ1v) is 8.75. The van der Waals surface area contributed by atoms with Gasteiger partial charge in [0.1, 0.15) is 5.69 Å². The molecule has 3 aromatic rings. The van der Waals surface area contributed by atoms with E-state index in [0.717, 1.165) is 29.3 Å². The number of likely N-dealkylation sites (tertiary alicyclic amines) is 1. The minimum atomic E-state index is -0.444. The average Bonchev–Trinajstić information content (AvgIpc) is 3.17. The fourth-order valence-electron chi connectivity index (χ4n) is 3.77. The molecular formula is C20H20N4O2. The second-order valence-corrected chi connectivity index (χ2v) is 6.64. The number of hydrogen-bond acceptors (Lipinski definition) is 3. The van der Waals surface area contributed by atoms with E-state index >= 15 is 0 Å². The van der Waals surface area contributed by atoms with Crippen molar-refractivity contribution >= 4 is 22.6 Å². The van der Waals surface area contributed by atoms with Crippen LogP contribution in [0.4, 0.5) is 0 Å². The van der Waals surface area contributed by atoms with Gasteiger partial charge in [-0.3, -0.25) is 14.6 Å². The Morgan fingerprint density at radius 1 is 1.19 bits per heavy atom. The molecule has 1 atom stereocenters. The van der Waals surface area contributed by atoms with E-state index in [4.69, 9.17) is 5.73 Å². The summed E-state index contributed by atoms with van der Waals surface area (Å²) in [4.78, 5) is 34.0. The molecule has 1 aliphatic rings. The van der Waals surface area contributed by atoms with Crippen molar-refractivity contribution in [2.24, 2.45) is 5.73 Å². The maximum atomic E-state index is 13.1. The van der Waals surface area contributed by atoms with Gasteiger partial charge in [-0.15, -0.1) is 0 Å². The van der Waals surface area contributed by atoms with Gasteiger partial charge in [0.15, 0.2) is 0 Å². The fraction of sp³-hybridized carbons (Fsp3) is 0.250. The van der Waals surface area contributed by atoms with E-state index in [1.54, 1.807) is 18.5 Å². The number of carbonyl (C=O) groups excluding carboxylic acids is 2. The van der Waals surface area contributed by atoms with Gasteiger partial charge in [0.2, 0.25) is 0 Å². The van der Waals surface area contributed by atoms with Gasteiger partial charge in [0.25, 0.3) is 11.8 Å². The lowest BCUT2D eigenvalue weighted by Crippen LogP contribution is -2.40. The van der Waals surface area contributed by atoms with Crippen LogP contribution < -0.4 is 5.73 Å². The number of pyridine rings is 1. The second kappa shape index (κ2) is 6.63. The molecule has 2 amide bonds. The number of nitrogens with two attached hydrogens (primary N) is 1. The van der Waals surface area contributed by atoms with E-state index in [-0.39, 0.29) is 11.8 Å². The van der Waals surface area contributed by atoms with Gasteiger partial charge < -0.3 is 15.6 Å². The molecule has 1 saturated heterocycles. The Hall–Kier alpha value is -3.15. The summed E-state index contributed by atoms with van der Waals surface area (Å²) in [6, 6.07) is 11.4. The van der Waals surface area contributed by atoms with Crippen molar-refractivity contribution in [1.82, 2.24) is 14.9 Å². The Kier molecular flexibility index (Phi) is 4.16. The van der Waals surface area contributed by atoms with Crippen molar-refractivity contribution in [3.8, 4) is 0 Å². The number of carbonyl (C=O) groups is 2. The number of primary amides is 1. The van der Waals surface area contributed by atoms with E-state index in [0.29, 0.717) is 24.3 Å². The number of H-pyrrole nitrogens is 1. The second-order valence-electron chi connectivity index (χ2n) is 6.64. The van der Waals surface area contributed by atoms with Crippen LogP contribution in [0.15, 0.2) is 48.8 Å². The number of benzene rings is 1. The standard InChI is InChI=1S/C20H20N4O2/c21-19(25)16-8-10-22-17(16)14-5-3-11-24(12-14)20(26)18-15-6-2-1-4-13(15)7-9-23-18/h1-2,4,6-10,14,22H,3,5,11-12H2,(H2,21,25). The number of hydrogen-bond donors (Lipinski definition) is 2. The summed E-state index contributed by atoms with van der Waals surface area (Å²) in [7, 11) is 0. The molecule has 6 heteroatoms. The number of amides is 2. The molecule has 0 bridgehead atoms. The van der Waals surface area contributed by atoms with Crippen LogP contribution in [0.3, 0.4) is 0 Å². The molecule has 1 fully saturated rings. The van der Waals surface area contributed by atoms with Crippen molar-refractivity contribution in [1.29, 1.82) is 0 Å². The maximum absolute atomic E-state index is 13.1. The van der Waals surface area contributed by atoms with Gasteiger partial charge in [-0.25, -0.2) is 0 Å². The van der Waals surface area contributed by atoms with Crippen LogP contribution in [0.25, 0.3) is 10.8 Å². The predicted octanol–water partition coefficient (Wildman–Crippen LogP) is 2.68. The van der Waals surface area contributed by atoms with Gasteiger partial charge in [0.05, 0.1) is 5.56 Å². The van der Waals surface area contributed by atoms with Crippen LogP contribution in [0, 0.1) is 0 Å². The van der Waals surface area contributed by atoms with Crippen LogP contribution in [0.5, 0.6) is 0 Å². The molecule has 2 aromatic heterocycles. The van der Waals surface area contributed by atoms with Crippen molar-refractivity contribution in [2.45, 2.75) is 18.8 Å². The monoisotopic (exact) mass is 348 g/mol. The third-order valence-corrected chi connectivity index (χ3v) is 5.04. The third-order valence-electron chi connectivity index (χ3n) is 5.04. The largest absolute Gasteiger partial charge is 0.366 e.